The number of methoxy groups -OCH3 is 1. The van der Waals surface area contributed by atoms with E-state index in [4.69, 9.17) is 14.4 Å². The van der Waals surface area contributed by atoms with Gasteiger partial charge in [0.05, 0.1) is 30.7 Å². The third-order valence-electron chi connectivity index (χ3n) is 5.24. The van der Waals surface area contributed by atoms with Crippen molar-refractivity contribution >= 4 is 0 Å². The van der Waals surface area contributed by atoms with Gasteiger partial charge in [0.25, 0.3) is 0 Å². The first kappa shape index (κ1) is 18.6. The van der Waals surface area contributed by atoms with Gasteiger partial charge in [-0.15, -0.1) is 0 Å². The first-order valence-corrected chi connectivity index (χ1v) is 9.86. The van der Waals surface area contributed by atoms with Crippen molar-refractivity contribution in [3.05, 3.63) is 47.9 Å². The lowest BCUT2D eigenvalue weighted by Gasteiger charge is -2.11. The Balaban J connectivity index is 1.68. The third-order valence-corrected chi connectivity index (χ3v) is 5.24. The zero-order valence-electron chi connectivity index (χ0n) is 17.5. The molecule has 4 heterocycles. The molecule has 9 heteroatoms. The largest absolute Gasteiger partial charge is 0.497 e. The standard InChI is InChI=1S/C21H23N7O2/c1-5-27-10-13-8-17-20(21-23-18(30-25-21)11-26(2)3)22-12-28(17)16-7-6-14(29-4)9-15(16)19(13)24-27/h6-7,9-10,12H,5,8,11H2,1-4H3. The van der Waals surface area contributed by atoms with Gasteiger partial charge in [-0.3, -0.25) is 4.68 Å². The second-order valence-electron chi connectivity index (χ2n) is 7.58. The van der Waals surface area contributed by atoms with Crippen LogP contribution in [0.1, 0.15) is 24.1 Å². The highest BCUT2D eigenvalue weighted by molar-refractivity contribution is 5.77. The Kier molecular flexibility index (Phi) is 4.39. The molecule has 0 bridgehead atoms. The Labute approximate surface area is 173 Å². The van der Waals surface area contributed by atoms with Crippen LogP contribution in [-0.2, 0) is 19.5 Å². The summed E-state index contributed by atoms with van der Waals surface area (Å²) in [6.45, 7) is 3.47. The molecule has 0 amide bonds. The summed E-state index contributed by atoms with van der Waals surface area (Å²) < 4.78 is 14.9. The number of aryl methyl sites for hydroxylation is 1. The summed E-state index contributed by atoms with van der Waals surface area (Å²) >= 11 is 0. The van der Waals surface area contributed by atoms with E-state index < -0.39 is 0 Å². The molecule has 0 N–H and O–H groups in total. The molecule has 1 aromatic carbocycles. The molecule has 0 unspecified atom stereocenters. The highest BCUT2D eigenvalue weighted by Gasteiger charge is 2.27. The van der Waals surface area contributed by atoms with Crippen LogP contribution in [-0.4, -0.2) is 55.6 Å². The van der Waals surface area contributed by atoms with Gasteiger partial charge in [-0.2, -0.15) is 10.1 Å². The van der Waals surface area contributed by atoms with Crippen LogP contribution < -0.4 is 4.74 Å². The Morgan fingerprint density at radius 2 is 2.10 bits per heavy atom. The number of hydrogen-bond donors (Lipinski definition) is 0. The predicted octanol–water partition coefficient (Wildman–Crippen LogP) is 2.78. The number of fused-ring (bicyclic) bond motifs is 5. The molecular weight excluding hydrogens is 382 g/mol. The van der Waals surface area contributed by atoms with Crippen LogP contribution in [0.5, 0.6) is 5.75 Å². The molecule has 0 aliphatic carbocycles. The molecule has 4 aromatic rings. The summed E-state index contributed by atoms with van der Waals surface area (Å²) in [6, 6.07) is 6.02. The lowest BCUT2D eigenvalue weighted by Crippen LogP contribution is -2.10. The van der Waals surface area contributed by atoms with Gasteiger partial charge in [-0.05, 0) is 39.2 Å². The second-order valence-corrected chi connectivity index (χ2v) is 7.58. The molecule has 30 heavy (non-hydrogen) atoms. The van der Waals surface area contributed by atoms with E-state index in [1.54, 1.807) is 7.11 Å². The first-order valence-electron chi connectivity index (χ1n) is 9.86. The van der Waals surface area contributed by atoms with Crippen LogP contribution in [0.4, 0.5) is 0 Å². The third kappa shape index (κ3) is 2.98. The van der Waals surface area contributed by atoms with Crippen molar-refractivity contribution in [3.63, 3.8) is 0 Å². The van der Waals surface area contributed by atoms with Crippen molar-refractivity contribution in [1.82, 2.24) is 34.4 Å². The smallest absolute Gasteiger partial charge is 0.241 e. The van der Waals surface area contributed by atoms with Crippen molar-refractivity contribution < 1.29 is 9.26 Å². The number of nitrogens with zero attached hydrogens (tertiary/aromatic N) is 7. The quantitative estimate of drug-likeness (QED) is 0.444. The minimum atomic E-state index is 0.502. The van der Waals surface area contributed by atoms with Crippen molar-refractivity contribution in [3.8, 4) is 34.2 Å². The molecule has 0 atom stereocenters. The van der Waals surface area contributed by atoms with E-state index in [0.717, 1.165) is 46.2 Å². The van der Waals surface area contributed by atoms with Gasteiger partial charge in [-0.25, -0.2) is 4.98 Å². The monoisotopic (exact) mass is 405 g/mol. The fourth-order valence-electron chi connectivity index (χ4n) is 3.83. The van der Waals surface area contributed by atoms with Crippen LogP contribution in [0.2, 0.25) is 0 Å². The minimum Gasteiger partial charge on any atom is -0.497 e. The zero-order chi connectivity index (χ0) is 20.8. The summed E-state index contributed by atoms with van der Waals surface area (Å²) in [5, 5.41) is 9.00. The van der Waals surface area contributed by atoms with Crippen LogP contribution >= 0.6 is 0 Å². The number of ether oxygens (including phenoxy) is 1. The van der Waals surface area contributed by atoms with Crippen LogP contribution in [0, 0.1) is 0 Å². The van der Waals surface area contributed by atoms with E-state index in [2.05, 4.69) is 32.8 Å². The van der Waals surface area contributed by atoms with Gasteiger partial charge in [0, 0.05) is 30.3 Å². The highest BCUT2D eigenvalue weighted by atomic mass is 16.5. The van der Waals surface area contributed by atoms with E-state index in [1.807, 2.05) is 48.2 Å². The average Bonchev–Trinajstić information content (AvgIpc) is 3.44. The molecule has 0 saturated heterocycles. The fraction of sp³-hybridized carbons (Fsp3) is 0.333. The van der Waals surface area contributed by atoms with Gasteiger partial charge in [0.1, 0.15) is 17.8 Å². The molecule has 3 aromatic heterocycles. The van der Waals surface area contributed by atoms with Gasteiger partial charge < -0.3 is 18.7 Å². The lowest BCUT2D eigenvalue weighted by molar-refractivity contribution is 0.303. The SMILES string of the molecule is CCn1cc2c(n1)-c1cc(OC)ccc1-n1cnc(-c3noc(CN(C)C)n3)c1C2. The molecule has 0 radical (unpaired) electrons. The number of aromatic nitrogens is 6. The second kappa shape index (κ2) is 7.10. The van der Waals surface area contributed by atoms with Gasteiger partial charge in [-0.1, -0.05) is 5.16 Å². The number of imidazole rings is 1. The topological polar surface area (TPSA) is 87.0 Å². The van der Waals surface area contributed by atoms with E-state index in [1.165, 1.54) is 0 Å². The molecule has 0 saturated carbocycles. The average molecular weight is 405 g/mol. The zero-order valence-corrected chi connectivity index (χ0v) is 17.5. The van der Waals surface area contributed by atoms with Gasteiger partial charge >= 0.3 is 0 Å². The molecule has 0 fully saturated rings. The molecular formula is C21H23N7O2. The Morgan fingerprint density at radius 3 is 2.87 bits per heavy atom. The van der Waals surface area contributed by atoms with Crippen molar-refractivity contribution in [1.29, 1.82) is 0 Å². The van der Waals surface area contributed by atoms with Gasteiger partial charge in [0.2, 0.25) is 11.7 Å². The molecule has 0 spiro atoms. The van der Waals surface area contributed by atoms with Gasteiger partial charge in [0.15, 0.2) is 0 Å². The molecule has 1 aliphatic heterocycles. The fourth-order valence-corrected chi connectivity index (χ4v) is 3.83. The summed E-state index contributed by atoms with van der Waals surface area (Å²) in [7, 11) is 5.60. The molecule has 9 nitrogen and oxygen atoms in total. The van der Waals surface area contributed by atoms with Crippen molar-refractivity contribution in [2.75, 3.05) is 21.2 Å². The number of benzene rings is 1. The number of rotatable bonds is 5. The molecule has 154 valence electrons. The van der Waals surface area contributed by atoms with Crippen LogP contribution in [0.3, 0.4) is 0 Å². The minimum absolute atomic E-state index is 0.502. The maximum Gasteiger partial charge on any atom is 0.241 e. The molecule has 1 aliphatic rings. The first-order chi connectivity index (χ1) is 14.6. The lowest BCUT2D eigenvalue weighted by atomic mass is 10.0. The van der Waals surface area contributed by atoms with Crippen LogP contribution in [0.25, 0.3) is 28.5 Å². The number of hydrogen-bond acceptors (Lipinski definition) is 7. The summed E-state index contributed by atoms with van der Waals surface area (Å²) in [6.07, 6.45) is 4.58. The predicted molar refractivity (Wildman–Crippen MR) is 111 cm³/mol. The summed E-state index contributed by atoms with van der Waals surface area (Å²) in [5.41, 5.74) is 5.84. The molecule has 5 rings (SSSR count). The van der Waals surface area contributed by atoms with Crippen LogP contribution in [0.15, 0.2) is 35.2 Å². The Bertz CT molecular complexity index is 1220. The summed E-state index contributed by atoms with van der Waals surface area (Å²) in [4.78, 5) is 11.2. The van der Waals surface area contributed by atoms with E-state index in [-0.39, 0.29) is 0 Å². The Morgan fingerprint density at radius 1 is 1.23 bits per heavy atom. The summed E-state index contributed by atoms with van der Waals surface area (Å²) in [5.74, 6) is 1.86. The van der Waals surface area contributed by atoms with E-state index >= 15 is 0 Å². The van der Waals surface area contributed by atoms with E-state index in [0.29, 0.717) is 24.7 Å². The maximum absolute atomic E-state index is 5.47. The Hall–Kier alpha value is -3.46. The maximum atomic E-state index is 5.47. The van der Waals surface area contributed by atoms with E-state index in [9.17, 15) is 0 Å². The van der Waals surface area contributed by atoms with Crippen molar-refractivity contribution in [2.45, 2.75) is 26.4 Å². The highest BCUT2D eigenvalue weighted by Crippen LogP contribution is 2.38. The van der Waals surface area contributed by atoms with Crippen molar-refractivity contribution in [2.24, 2.45) is 0 Å². The normalized spacial score (nSPS) is 12.4.